The summed E-state index contributed by atoms with van der Waals surface area (Å²) in [4.78, 5) is 4.50. The molecule has 1 aliphatic carbocycles. The minimum absolute atomic E-state index is 0. The van der Waals surface area contributed by atoms with Crippen LogP contribution < -0.4 is 11.1 Å². The van der Waals surface area contributed by atoms with Gasteiger partial charge in [0.05, 0.1) is 6.54 Å². The third kappa shape index (κ3) is 4.85. The number of guanidine groups is 1. The zero-order valence-electron chi connectivity index (χ0n) is 10.6. The van der Waals surface area contributed by atoms with Crippen LogP contribution >= 0.6 is 35.7 Å². The Bertz CT molecular complexity index is 258. The SMILES string of the molecule is CC1(CN=C(N)NC2CCCC2)CCCS1.I. The van der Waals surface area contributed by atoms with E-state index in [0.29, 0.717) is 16.7 Å². The van der Waals surface area contributed by atoms with Crippen LogP contribution in [-0.2, 0) is 0 Å². The molecule has 3 N–H and O–H groups in total. The van der Waals surface area contributed by atoms with E-state index in [1.54, 1.807) is 0 Å². The van der Waals surface area contributed by atoms with Gasteiger partial charge in [-0.3, -0.25) is 4.99 Å². The van der Waals surface area contributed by atoms with Crippen LogP contribution in [0.4, 0.5) is 0 Å². The molecule has 1 saturated carbocycles. The maximum absolute atomic E-state index is 5.92. The second kappa shape index (κ2) is 7.07. The number of hydrogen-bond donors (Lipinski definition) is 2. The van der Waals surface area contributed by atoms with Gasteiger partial charge in [-0.2, -0.15) is 11.8 Å². The van der Waals surface area contributed by atoms with Gasteiger partial charge in [0, 0.05) is 10.8 Å². The fourth-order valence-electron chi connectivity index (χ4n) is 2.54. The van der Waals surface area contributed by atoms with Crippen molar-refractivity contribution in [1.29, 1.82) is 0 Å². The highest BCUT2D eigenvalue weighted by Crippen LogP contribution is 2.37. The summed E-state index contributed by atoms with van der Waals surface area (Å²) in [5, 5.41) is 3.34. The van der Waals surface area contributed by atoms with Crippen LogP contribution in [-0.4, -0.2) is 29.0 Å². The van der Waals surface area contributed by atoms with E-state index in [2.05, 4.69) is 17.2 Å². The zero-order chi connectivity index (χ0) is 11.4. The highest BCUT2D eigenvalue weighted by Gasteiger charge is 2.29. The van der Waals surface area contributed by atoms with Crippen LogP contribution in [0, 0.1) is 0 Å². The van der Waals surface area contributed by atoms with Crippen LogP contribution in [0.5, 0.6) is 0 Å². The molecule has 1 atom stereocenters. The van der Waals surface area contributed by atoms with Gasteiger partial charge in [-0.05, 0) is 38.4 Å². The van der Waals surface area contributed by atoms with Crippen molar-refractivity contribution in [2.75, 3.05) is 12.3 Å². The fraction of sp³-hybridized carbons (Fsp3) is 0.917. The van der Waals surface area contributed by atoms with E-state index in [-0.39, 0.29) is 24.0 Å². The predicted octanol–water partition coefficient (Wildman–Crippen LogP) is 2.74. The lowest BCUT2D eigenvalue weighted by molar-refractivity contribution is 0.602. The Morgan fingerprint density at radius 3 is 2.71 bits per heavy atom. The molecule has 0 spiro atoms. The average Bonchev–Trinajstić information content (AvgIpc) is 2.88. The lowest BCUT2D eigenvalue weighted by Gasteiger charge is -2.20. The van der Waals surface area contributed by atoms with Gasteiger partial charge >= 0.3 is 0 Å². The van der Waals surface area contributed by atoms with Gasteiger partial charge in [0.1, 0.15) is 0 Å². The van der Waals surface area contributed by atoms with Gasteiger partial charge in [-0.25, -0.2) is 0 Å². The van der Waals surface area contributed by atoms with Crippen molar-refractivity contribution in [1.82, 2.24) is 5.32 Å². The summed E-state index contributed by atoms with van der Waals surface area (Å²) >= 11 is 2.04. The van der Waals surface area contributed by atoms with Crippen molar-refractivity contribution >= 4 is 41.7 Å². The molecule has 0 bridgehead atoms. The summed E-state index contributed by atoms with van der Waals surface area (Å²) in [5.41, 5.74) is 5.92. The Morgan fingerprint density at radius 1 is 1.41 bits per heavy atom. The van der Waals surface area contributed by atoms with Gasteiger partial charge in [0.25, 0.3) is 0 Å². The van der Waals surface area contributed by atoms with Crippen LogP contribution in [0.25, 0.3) is 0 Å². The minimum Gasteiger partial charge on any atom is -0.370 e. The summed E-state index contributed by atoms with van der Waals surface area (Å²) in [6.07, 6.45) is 7.77. The molecule has 3 nitrogen and oxygen atoms in total. The maximum Gasteiger partial charge on any atom is 0.188 e. The molecule has 2 fully saturated rings. The highest BCUT2D eigenvalue weighted by molar-refractivity contribution is 14.0. The average molecular weight is 369 g/mol. The molecule has 0 amide bonds. The number of nitrogens with one attached hydrogen (secondary N) is 1. The fourth-order valence-corrected chi connectivity index (χ4v) is 3.76. The third-order valence-electron chi connectivity index (χ3n) is 3.59. The summed E-state index contributed by atoms with van der Waals surface area (Å²) in [7, 11) is 0. The highest BCUT2D eigenvalue weighted by atomic mass is 127. The second-order valence-electron chi connectivity index (χ2n) is 5.23. The number of nitrogens with zero attached hydrogens (tertiary/aromatic N) is 1. The largest absolute Gasteiger partial charge is 0.370 e. The van der Waals surface area contributed by atoms with Crippen molar-refractivity contribution in [2.24, 2.45) is 10.7 Å². The molecule has 2 aliphatic rings. The van der Waals surface area contributed by atoms with Gasteiger partial charge in [-0.1, -0.05) is 12.8 Å². The molecule has 2 rings (SSSR count). The lowest BCUT2D eigenvalue weighted by Crippen LogP contribution is -2.39. The number of rotatable bonds is 3. The summed E-state index contributed by atoms with van der Waals surface area (Å²) in [6, 6.07) is 0.577. The molecule has 100 valence electrons. The third-order valence-corrected chi connectivity index (χ3v) is 5.11. The lowest BCUT2D eigenvalue weighted by atomic mass is 10.1. The molecule has 17 heavy (non-hydrogen) atoms. The van der Waals surface area contributed by atoms with E-state index in [0.717, 1.165) is 6.54 Å². The molecule has 0 aromatic carbocycles. The maximum atomic E-state index is 5.92. The molecule has 0 aromatic heterocycles. The topological polar surface area (TPSA) is 50.4 Å². The van der Waals surface area contributed by atoms with E-state index in [9.17, 15) is 0 Å². The molecule has 1 aliphatic heterocycles. The smallest absolute Gasteiger partial charge is 0.188 e. The van der Waals surface area contributed by atoms with Gasteiger partial charge in [0.15, 0.2) is 5.96 Å². The van der Waals surface area contributed by atoms with Crippen molar-refractivity contribution in [2.45, 2.75) is 56.2 Å². The molecular weight excluding hydrogens is 345 g/mol. The molecular formula is C12H24IN3S. The number of halogens is 1. The number of thioether (sulfide) groups is 1. The van der Waals surface area contributed by atoms with E-state index in [1.807, 2.05) is 11.8 Å². The first kappa shape index (κ1) is 15.4. The second-order valence-corrected chi connectivity index (χ2v) is 6.91. The van der Waals surface area contributed by atoms with Gasteiger partial charge < -0.3 is 11.1 Å². The molecule has 5 heteroatoms. The predicted molar refractivity (Wildman–Crippen MR) is 87.4 cm³/mol. The molecule has 1 heterocycles. The van der Waals surface area contributed by atoms with E-state index < -0.39 is 0 Å². The first-order chi connectivity index (χ1) is 7.68. The Kier molecular flexibility index (Phi) is 6.40. The number of aliphatic imine (C=N–C) groups is 1. The van der Waals surface area contributed by atoms with E-state index >= 15 is 0 Å². The Balaban J connectivity index is 0.00000144. The molecule has 1 saturated heterocycles. The van der Waals surface area contributed by atoms with Crippen LogP contribution in [0.1, 0.15) is 45.4 Å². The van der Waals surface area contributed by atoms with Gasteiger partial charge in [0.2, 0.25) is 0 Å². The summed E-state index contributed by atoms with van der Waals surface area (Å²) in [6.45, 7) is 3.17. The molecule has 1 unspecified atom stereocenters. The van der Waals surface area contributed by atoms with Crippen LogP contribution in [0.3, 0.4) is 0 Å². The normalized spacial score (nSPS) is 30.3. The summed E-state index contributed by atoms with van der Waals surface area (Å²) < 4.78 is 0.335. The Hall–Kier alpha value is 0.350. The van der Waals surface area contributed by atoms with Crippen LogP contribution in [0.2, 0.25) is 0 Å². The minimum atomic E-state index is 0. The molecule has 0 aromatic rings. The first-order valence-corrected chi connectivity index (χ1v) is 7.37. The van der Waals surface area contributed by atoms with Crippen LogP contribution in [0.15, 0.2) is 4.99 Å². The first-order valence-electron chi connectivity index (χ1n) is 6.38. The van der Waals surface area contributed by atoms with Crippen molar-refractivity contribution in [3.8, 4) is 0 Å². The van der Waals surface area contributed by atoms with Crippen molar-refractivity contribution in [3.05, 3.63) is 0 Å². The standard InChI is InChI=1S/C12H23N3S.HI/c1-12(7-4-8-16-12)9-14-11(13)15-10-5-2-3-6-10;/h10H,2-9H2,1H3,(H3,13,14,15);1H. The Morgan fingerprint density at radius 2 is 2.12 bits per heavy atom. The van der Waals surface area contributed by atoms with Crippen molar-refractivity contribution in [3.63, 3.8) is 0 Å². The monoisotopic (exact) mass is 369 g/mol. The summed E-state index contributed by atoms with van der Waals surface area (Å²) in [5.74, 6) is 1.93. The van der Waals surface area contributed by atoms with E-state index in [1.165, 1.54) is 44.3 Å². The quantitative estimate of drug-likeness (QED) is 0.457. The molecule has 0 radical (unpaired) electrons. The Labute approximate surface area is 126 Å². The number of nitrogens with two attached hydrogens (primary N) is 1. The number of hydrogen-bond acceptors (Lipinski definition) is 2. The van der Waals surface area contributed by atoms with Gasteiger partial charge in [-0.15, -0.1) is 24.0 Å². The van der Waals surface area contributed by atoms with E-state index in [4.69, 9.17) is 5.73 Å². The van der Waals surface area contributed by atoms with Crippen molar-refractivity contribution < 1.29 is 0 Å². The zero-order valence-corrected chi connectivity index (χ0v) is 13.7.